The largest absolute Gasteiger partial charge is 0.397 e. The van der Waals surface area contributed by atoms with Gasteiger partial charge in [0.2, 0.25) is 0 Å². The normalized spacial score (nSPS) is 10.2. The van der Waals surface area contributed by atoms with Crippen LogP contribution in [0.2, 0.25) is 5.02 Å². The zero-order valence-corrected chi connectivity index (χ0v) is 10.1. The van der Waals surface area contributed by atoms with Crippen LogP contribution in [0.3, 0.4) is 0 Å². The zero-order chi connectivity index (χ0) is 12.1. The van der Waals surface area contributed by atoms with Gasteiger partial charge in [-0.3, -0.25) is 0 Å². The molecule has 0 unspecified atom stereocenters. The molecule has 1 aromatic carbocycles. The summed E-state index contributed by atoms with van der Waals surface area (Å²) in [7, 11) is 0. The van der Waals surface area contributed by atoms with Crippen molar-refractivity contribution in [3.05, 3.63) is 53.2 Å². The van der Waals surface area contributed by atoms with Crippen molar-refractivity contribution in [2.75, 3.05) is 17.6 Å². The maximum atomic E-state index is 6.01. The number of pyridine rings is 1. The lowest BCUT2D eigenvalue weighted by Gasteiger charge is -2.07. The molecule has 0 fully saturated rings. The van der Waals surface area contributed by atoms with E-state index < -0.39 is 0 Å². The number of hydrogen-bond donors (Lipinski definition) is 2. The minimum atomic E-state index is 0.554. The number of halogens is 1. The lowest BCUT2D eigenvalue weighted by atomic mass is 10.1. The Labute approximate surface area is 106 Å². The van der Waals surface area contributed by atoms with E-state index in [1.54, 1.807) is 12.3 Å². The second-order valence-corrected chi connectivity index (χ2v) is 4.17. The molecule has 88 valence electrons. The van der Waals surface area contributed by atoms with Gasteiger partial charge in [0, 0.05) is 6.54 Å². The lowest BCUT2D eigenvalue weighted by molar-refractivity contribution is 1.01. The fourth-order valence-electron chi connectivity index (χ4n) is 1.55. The Morgan fingerprint density at radius 1 is 1.24 bits per heavy atom. The summed E-state index contributed by atoms with van der Waals surface area (Å²) in [5.74, 6) is 0.678. The molecule has 3 nitrogen and oxygen atoms in total. The smallest absolute Gasteiger partial charge is 0.144 e. The van der Waals surface area contributed by atoms with E-state index in [4.69, 9.17) is 17.3 Å². The molecule has 4 heteroatoms. The Balaban J connectivity index is 1.90. The lowest BCUT2D eigenvalue weighted by Crippen LogP contribution is -2.07. The predicted molar refractivity (Wildman–Crippen MR) is 72.3 cm³/mol. The van der Waals surface area contributed by atoms with E-state index in [0.717, 1.165) is 13.0 Å². The Morgan fingerprint density at radius 3 is 2.71 bits per heavy atom. The number of rotatable bonds is 4. The first kappa shape index (κ1) is 11.7. The van der Waals surface area contributed by atoms with E-state index in [1.807, 2.05) is 18.2 Å². The summed E-state index contributed by atoms with van der Waals surface area (Å²) in [5.41, 5.74) is 7.43. The van der Waals surface area contributed by atoms with E-state index in [-0.39, 0.29) is 0 Å². The molecule has 0 bridgehead atoms. The quantitative estimate of drug-likeness (QED) is 0.873. The molecule has 0 radical (unpaired) electrons. The van der Waals surface area contributed by atoms with Gasteiger partial charge in [-0.25, -0.2) is 4.98 Å². The monoisotopic (exact) mass is 247 g/mol. The van der Waals surface area contributed by atoms with Crippen molar-refractivity contribution in [3.63, 3.8) is 0 Å². The van der Waals surface area contributed by atoms with Crippen molar-refractivity contribution in [1.29, 1.82) is 0 Å². The van der Waals surface area contributed by atoms with Crippen molar-refractivity contribution >= 4 is 23.1 Å². The van der Waals surface area contributed by atoms with E-state index in [9.17, 15) is 0 Å². The highest BCUT2D eigenvalue weighted by Crippen LogP contribution is 2.20. The Hall–Kier alpha value is -1.74. The predicted octanol–water partition coefficient (Wildman–Crippen LogP) is 2.97. The van der Waals surface area contributed by atoms with Gasteiger partial charge in [-0.15, -0.1) is 0 Å². The Kier molecular flexibility index (Phi) is 3.83. The van der Waals surface area contributed by atoms with Gasteiger partial charge in [0.1, 0.15) is 5.82 Å². The van der Waals surface area contributed by atoms with Crippen molar-refractivity contribution in [2.24, 2.45) is 0 Å². The number of aromatic nitrogens is 1. The minimum Gasteiger partial charge on any atom is -0.397 e. The average Bonchev–Trinajstić information content (AvgIpc) is 2.33. The number of nitrogens with one attached hydrogen (secondary N) is 1. The van der Waals surface area contributed by atoms with Crippen LogP contribution in [0.25, 0.3) is 0 Å². The molecule has 3 N–H and O–H groups in total. The summed E-state index contributed by atoms with van der Waals surface area (Å²) in [6.07, 6.45) is 2.53. The molecule has 0 amide bonds. The van der Waals surface area contributed by atoms with Crippen molar-refractivity contribution in [2.45, 2.75) is 6.42 Å². The molecule has 2 aromatic rings. The second kappa shape index (κ2) is 5.55. The van der Waals surface area contributed by atoms with Crippen molar-refractivity contribution in [3.8, 4) is 0 Å². The summed E-state index contributed by atoms with van der Waals surface area (Å²) in [4.78, 5) is 4.14. The highest BCUT2D eigenvalue weighted by atomic mass is 35.5. The van der Waals surface area contributed by atoms with Gasteiger partial charge in [-0.05, 0) is 18.1 Å². The topological polar surface area (TPSA) is 50.9 Å². The Morgan fingerprint density at radius 2 is 2.00 bits per heavy atom. The first-order valence-corrected chi connectivity index (χ1v) is 5.82. The molecule has 0 saturated carbocycles. The molecule has 0 aliphatic heterocycles. The van der Waals surface area contributed by atoms with E-state index in [0.29, 0.717) is 16.5 Å². The van der Waals surface area contributed by atoms with Gasteiger partial charge in [0.25, 0.3) is 0 Å². The van der Waals surface area contributed by atoms with Crippen LogP contribution < -0.4 is 11.1 Å². The summed E-state index contributed by atoms with van der Waals surface area (Å²) in [6, 6.07) is 12.0. The molecule has 0 aliphatic carbocycles. The van der Waals surface area contributed by atoms with Crippen LogP contribution in [-0.4, -0.2) is 11.5 Å². The summed E-state index contributed by atoms with van der Waals surface area (Å²) >= 11 is 6.01. The van der Waals surface area contributed by atoms with E-state index in [1.165, 1.54) is 5.56 Å². The second-order valence-electron chi connectivity index (χ2n) is 3.76. The number of nitrogens with two attached hydrogens (primary N) is 1. The molecule has 2 rings (SSSR count). The van der Waals surface area contributed by atoms with Crippen LogP contribution in [0.15, 0.2) is 42.6 Å². The standard InChI is InChI=1S/C13H14ClN3/c14-12-8-11(15)9-17-13(12)16-7-6-10-4-2-1-3-5-10/h1-5,8-9H,6-7,15H2,(H,16,17). The third kappa shape index (κ3) is 3.36. The van der Waals surface area contributed by atoms with Crippen LogP contribution in [0, 0.1) is 0 Å². The minimum absolute atomic E-state index is 0.554. The van der Waals surface area contributed by atoms with Gasteiger partial charge in [0.15, 0.2) is 0 Å². The molecule has 17 heavy (non-hydrogen) atoms. The number of hydrogen-bond acceptors (Lipinski definition) is 3. The van der Waals surface area contributed by atoms with Crippen LogP contribution >= 0.6 is 11.6 Å². The van der Waals surface area contributed by atoms with Gasteiger partial charge in [-0.2, -0.15) is 0 Å². The highest BCUT2D eigenvalue weighted by Gasteiger charge is 2.01. The van der Waals surface area contributed by atoms with Crippen LogP contribution in [-0.2, 0) is 6.42 Å². The SMILES string of the molecule is Nc1cnc(NCCc2ccccc2)c(Cl)c1. The molecular formula is C13H14ClN3. The maximum Gasteiger partial charge on any atom is 0.144 e. The summed E-state index contributed by atoms with van der Waals surface area (Å²) < 4.78 is 0. The molecule has 0 saturated heterocycles. The van der Waals surface area contributed by atoms with Gasteiger partial charge < -0.3 is 11.1 Å². The van der Waals surface area contributed by atoms with E-state index >= 15 is 0 Å². The number of nitrogen functional groups attached to an aromatic ring is 1. The van der Waals surface area contributed by atoms with E-state index in [2.05, 4.69) is 22.4 Å². The number of benzene rings is 1. The maximum absolute atomic E-state index is 6.01. The molecule has 0 aliphatic rings. The first-order valence-electron chi connectivity index (χ1n) is 5.44. The molecule has 1 aromatic heterocycles. The number of anilines is 2. The van der Waals surface area contributed by atoms with Gasteiger partial charge in [0.05, 0.1) is 16.9 Å². The van der Waals surface area contributed by atoms with Crippen LogP contribution in [0.4, 0.5) is 11.5 Å². The summed E-state index contributed by atoms with van der Waals surface area (Å²) in [6.45, 7) is 0.792. The van der Waals surface area contributed by atoms with Crippen molar-refractivity contribution < 1.29 is 0 Å². The fraction of sp³-hybridized carbons (Fsp3) is 0.154. The zero-order valence-electron chi connectivity index (χ0n) is 9.36. The molecule has 0 spiro atoms. The number of nitrogens with zero attached hydrogens (tertiary/aromatic N) is 1. The summed E-state index contributed by atoms with van der Waals surface area (Å²) in [5, 5.41) is 3.74. The molecular weight excluding hydrogens is 234 g/mol. The third-order valence-corrected chi connectivity index (χ3v) is 2.70. The van der Waals surface area contributed by atoms with Gasteiger partial charge >= 0.3 is 0 Å². The Bertz CT molecular complexity index is 485. The average molecular weight is 248 g/mol. The first-order chi connectivity index (χ1) is 8.25. The fourth-order valence-corrected chi connectivity index (χ4v) is 1.79. The molecule has 0 atom stereocenters. The van der Waals surface area contributed by atoms with Crippen LogP contribution in [0.5, 0.6) is 0 Å². The molecule has 1 heterocycles. The van der Waals surface area contributed by atoms with Crippen LogP contribution in [0.1, 0.15) is 5.56 Å². The van der Waals surface area contributed by atoms with Crippen molar-refractivity contribution in [1.82, 2.24) is 4.98 Å². The highest BCUT2D eigenvalue weighted by molar-refractivity contribution is 6.33. The third-order valence-electron chi connectivity index (χ3n) is 2.41. The van der Waals surface area contributed by atoms with Gasteiger partial charge in [-0.1, -0.05) is 41.9 Å².